The molecule has 1 aromatic carbocycles. The van der Waals surface area contributed by atoms with Crippen LogP contribution in [-0.2, 0) is 9.59 Å². The monoisotopic (exact) mass is 433 g/mol. The lowest BCUT2D eigenvalue weighted by molar-refractivity contribution is -0.384. The maximum Gasteiger partial charge on any atom is 0.270 e. The van der Waals surface area contributed by atoms with Crippen LogP contribution in [0.25, 0.3) is 11.3 Å². The van der Waals surface area contributed by atoms with Gasteiger partial charge in [0.15, 0.2) is 0 Å². The Hall–Kier alpha value is -3.75. The van der Waals surface area contributed by atoms with Gasteiger partial charge >= 0.3 is 0 Å². The SMILES string of the molecule is COc1ccc([N+](=O)[O-])cc1-c1ccc(/C=N\N2C(=O)[C@H]3[C@H](C2=O)[C@H]2C=C[C@H]3C23CC3)o1. The molecule has 1 spiro atoms. The van der Waals surface area contributed by atoms with Crippen LogP contribution in [0.15, 0.2) is 52.0 Å². The second-order valence-corrected chi connectivity index (χ2v) is 8.80. The van der Waals surface area contributed by atoms with Gasteiger partial charge in [0.05, 0.1) is 35.6 Å². The van der Waals surface area contributed by atoms with E-state index in [0.717, 1.165) is 17.9 Å². The molecule has 6 rings (SSSR count). The molecule has 32 heavy (non-hydrogen) atoms. The normalized spacial score (nSPS) is 28.8. The topological polar surface area (TPSA) is 115 Å². The summed E-state index contributed by atoms with van der Waals surface area (Å²) in [7, 11) is 1.46. The van der Waals surface area contributed by atoms with Gasteiger partial charge in [-0.2, -0.15) is 10.1 Å². The molecule has 2 amide bonds. The number of imide groups is 1. The number of nitro groups is 1. The molecule has 1 saturated heterocycles. The van der Waals surface area contributed by atoms with Gasteiger partial charge in [0.1, 0.15) is 17.3 Å². The fraction of sp³-hybridized carbons (Fsp3) is 0.348. The van der Waals surface area contributed by atoms with E-state index in [4.69, 9.17) is 9.15 Å². The zero-order valence-corrected chi connectivity index (χ0v) is 17.1. The van der Waals surface area contributed by atoms with Gasteiger partial charge < -0.3 is 9.15 Å². The number of amides is 2. The van der Waals surface area contributed by atoms with E-state index in [9.17, 15) is 19.7 Å². The minimum absolute atomic E-state index is 0.0936. The molecule has 0 unspecified atom stereocenters. The second kappa shape index (κ2) is 6.38. The molecule has 162 valence electrons. The van der Waals surface area contributed by atoms with Crippen molar-refractivity contribution in [2.75, 3.05) is 7.11 Å². The van der Waals surface area contributed by atoms with Gasteiger partial charge in [-0.3, -0.25) is 19.7 Å². The molecule has 2 bridgehead atoms. The first-order chi connectivity index (χ1) is 15.4. The quantitative estimate of drug-likeness (QED) is 0.235. The van der Waals surface area contributed by atoms with Gasteiger partial charge in [0.25, 0.3) is 17.5 Å². The van der Waals surface area contributed by atoms with Crippen LogP contribution in [0.5, 0.6) is 5.75 Å². The van der Waals surface area contributed by atoms with E-state index in [1.165, 1.54) is 31.5 Å². The van der Waals surface area contributed by atoms with Crippen molar-refractivity contribution in [1.29, 1.82) is 0 Å². The molecule has 1 aromatic heterocycles. The molecule has 3 aliphatic carbocycles. The Morgan fingerprint density at radius 2 is 1.84 bits per heavy atom. The van der Waals surface area contributed by atoms with Crippen molar-refractivity contribution in [3.8, 4) is 17.1 Å². The highest BCUT2D eigenvalue weighted by atomic mass is 16.6. The maximum absolute atomic E-state index is 13.0. The highest BCUT2D eigenvalue weighted by molar-refractivity contribution is 6.07. The van der Waals surface area contributed by atoms with Crippen LogP contribution >= 0.6 is 0 Å². The molecule has 2 saturated carbocycles. The van der Waals surface area contributed by atoms with Gasteiger partial charge in [0, 0.05) is 12.1 Å². The lowest BCUT2D eigenvalue weighted by atomic mass is 9.85. The lowest BCUT2D eigenvalue weighted by Crippen LogP contribution is -2.30. The van der Waals surface area contributed by atoms with E-state index >= 15 is 0 Å². The van der Waals surface area contributed by atoms with Crippen LogP contribution in [0.1, 0.15) is 18.6 Å². The molecule has 2 aromatic rings. The zero-order valence-electron chi connectivity index (χ0n) is 17.1. The number of nitrogens with zero attached hydrogens (tertiary/aromatic N) is 3. The number of carbonyl (C=O) groups excluding carboxylic acids is 2. The Morgan fingerprint density at radius 1 is 1.16 bits per heavy atom. The summed E-state index contributed by atoms with van der Waals surface area (Å²) in [5, 5.41) is 16.2. The maximum atomic E-state index is 13.0. The van der Waals surface area contributed by atoms with Crippen molar-refractivity contribution in [2.24, 2.45) is 34.2 Å². The van der Waals surface area contributed by atoms with E-state index in [1.807, 2.05) is 0 Å². The summed E-state index contributed by atoms with van der Waals surface area (Å²) >= 11 is 0. The van der Waals surface area contributed by atoms with Gasteiger partial charge in [-0.15, -0.1) is 0 Å². The number of non-ortho nitro benzene ring substituents is 1. The predicted octanol–water partition coefficient (Wildman–Crippen LogP) is 3.39. The van der Waals surface area contributed by atoms with Crippen molar-refractivity contribution >= 4 is 23.7 Å². The first-order valence-electron chi connectivity index (χ1n) is 10.5. The van der Waals surface area contributed by atoms with Crippen LogP contribution in [0.2, 0.25) is 0 Å². The van der Waals surface area contributed by atoms with Gasteiger partial charge in [-0.05, 0) is 48.3 Å². The number of rotatable bonds is 5. The Labute approximate surface area is 182 Å². The van der Waals surface area contributed by atoms with E-state index in [-0.39, 0.29) is 46.6 Å². The smallest absolute Gasteiger partial charge is 0.270 e. The molecule has 0 radical (unpaired) electrons. The first-order valence-corrected chi connectivity index (χ1v) is 10.5. The molecule has 9 nitrogen and oxygen atoms in total. The summed E-state index contributed by atoms with van der Waals surface area (Å²) in [6.07, 6.45) is 7.72. The van der Waals surface area contributed by atoms with Gasteiger partial charge in [0.2, 0.25) is 0 Å². The largest absolute Gasteiger partial charge is 0.496 e. The summed E-state index contributed by atoms with van der Waals surface area (Å²) in [6.45, 7) is 0. The highest BCUT2D eigenvalue weighted by Gasteiger charge is 2.73. The minimum atomic E-state index is -0.497. The third-order valence-corrected chi connectivity index (χ3v) is 7.42. The number of furan rings is 1. The lowest BCUT2D eigenvalue weighted by Gasteiger charge is -2.18. The number of allylic oxidation sites excluding steroid dienone is 2. The average molecular weight is 433 g/mol. The molecule has 1 aliphatic heterocycles. The van der Waals surface area contributed by atoms with E-state index in [1.54, 1.807) is 12.1 Å². The summed E-state index contributed by atoms with van der Waals surface area (Å²) in [5.74, 6) is 0.265. The van der Waals surface area contributed by atoms with E-state index < -0.39 is 4.92 Å². The molecule has 4 atom stereocenters. The van der Waals surface area contributed by atoms with Gasteiger partial charge in [-0.1, -0.05) is 12.2 Å². The van der Waals surface area contributed by atoms with Crippen LogP contribution in [-0.4, -0.2) is 35.1 Å². The Balaban J connectivity index is 1.25. The van der Waals surface area contributed by atoms with Crippen molar-refractivity contribution in [3.05, 3.63) is 58.4 Å². The highest BCUT2D eigenvalue weighted by Crippen LogP contribution is 2.73. The molecular formula is C23H19N3O6. The fourth-order valence-electron chi connectivity index (χ4n) is 5.86. The van der Waals surface area contributed by atoms with Crippen LogP contribution in [0, 0.1) is 39.2 Å². The summed E-state index contributed by atoms with van der Waals surface area (Å²) in [4.78, 5) is 36.6. The van der Waals surface area contributed by atoms with Crippen molar-refractivity contribution in [2.45, 2.75) is 12.8 Å². The zero-order chi connectivity index (χ0) is 22.2. The third-order valence-electron chi connectivity index (χ3n) is 7.42. The summed E-state index contributed by atoms with van der Waals surface area (Å²) in [5.41, 5.74) is 0.467. The first kappa shape index (κ1) is 19.0. The second-order valence-electron chi connectivity index (χ2n) is 8.80. The Bertz CT molecular complexity index is 1210. The van der Waals surface area contributed by atoms with Crippen LogP contribution < -0.4 is 4.74 Å². The number of hydrogen-bond donors (Lipinski definition) is 0. The number of methoxy groups -OCH3 is 1. The fourth-order valence-corrected chi connectivity index (χ4v) is 5.86. The predicted molar refractivity (Wildman–Crippen MR) is 112 cm³/mol. The number of fused-ring (bicyclic) bond motifs is 3. The van der Waals surface area contributed by atoms with Crippen molar-refractivity contribution in [1.82, 2.24) is 5.01 Å². The van der Waals surface area contributed by atoms with Crippen LogP contribution in [0.4, 0.5) is 5.69 Å². The Morgan fingerprint density at radius 3 is 2.44 bits per heavy atom. The number of nitro benzene ring substituents is 1. The van der Waals surface area contributed by atoms with Gasteiger partial charge in [-0.25, -0.2) is 0 Å². The molecule has 3 fully saturated rings. The molecule has 4 aliphatic rings. The van der Waals surface area contributed by atoms with E-state index in [0.29, 0.717) is 22.8 Å². The Kier molecular flexibility index (Phi) is 3.78. The summed E-state index contributed by atoms with van der Waals surface area (Å²) in [6, 6.07) is 7.46. The van der Waals surface area contributed by atoms with Crippen molar-refractivity contribution < 1.29 is 23.7 Å². The van der Waals surface area contributed by atoms with Crippen molar-refractivity contribution in [3.63, 3.8) is 0 Å². The standard InChI is InChI=1S/C23H19N3O6/c1-31-17-6-2-12(26(29)30)10-14(17)18-7-3-13(32-18)11-24-25-21(27)19-15-4-5-16(20(19)22(25)28)23(15)8-9-23/h2-7,10-11,15-16,19-20H,8-9H2,1H3/b24-11-/t15-,16-,19-,20-/m1/s1. The van der Waals surface area contributed by atoms with Crippen LogP contribution in [0.3, 0.4) is 0 Å². The number of carbonyl (C=O) groups is 2. The van der Waals surface area contributed by atoms with E-state index in [2.05, 4.69) is 17.3 Å². The number of ether oxygens (including phenoxy) is 1. The average Bonchev–Trinajstić information content (AvgIpc) is 3.08. The number of benzene rings is 1. The number of hydrazone groups is 1. The molecule has 2 heterocycles. The third kappa shape index (κ3) is 2.41. The summed E-state index contributed by atoms with van der Waals surface area (Å²) < 4.78 is 11.0. The molecular weight excluding hydrogens is 414 g/mol. The minimum Gasteiger partial charge on any atom is -0.496 e. The number of hydrogen-bond acceptors (Lipinski definition) is 7. The molecule has 0 N–H and O–H groups in total. The molecule has 9 heteroatoms.